The van der Waals surface area contributed by atoms with E-state index in [4.69, 9.17) is 4.74 Å². The van der Waals surface area contributed by atoms with E-state index in [9.17, 15) is 4.79 Å². The summed E-state index contributed by atoms with van der Waals surface area (Å²) in [6.07, 6.45) is 5.79. The SMILES string of the molecule is Cc1cc(C)c(C)c(O[C@H](C)C(=O)NCCCn2ccnc2)c1. The third-order valence-corrected chi connectivity index (χ3v) is 3.89. The molecule has 23 heavy (non-hydrogen) atoms. The third kappa shape index (κ3) is 4.84. The van der Waals surface area contributed by atoms with Crippen molar-refractivity contribution in [3.8, 4) is 5.75 Å². The molecule has 1 N–H and O–H groups in total. The Kier molecular flexibility index (Phi) is 5.79. The summed E-state index contributed by atoms with van der Waals surface area (Å²) in [6.45, 7) is 9.33. The molecular weight excluding hydrogens is 290 g/mol. The Balaban J connectivity index is 1.80. The molecule has 0 saturated carbocycles. The van der Waals surface area contributed by atoms with Gasteiger partial charge in [-0.15, -0.1) is 0 Å². The molecule has 0 unspecified atom stereocenters. The molecular formula is C18H25N3O2. The Labute approximate surface area is 137 Å². The normalized spacial score (nSPS) is 12.0. The van der Waals surface area contributed by atoms with Crippen LogP contribution in [0.4, 0.5) is 0 Å². The topological polar surface area (TPSA) is 56.1 Å². The average Bonchev–Trinajstić information content (AvgIpc) is 3.01. The van der Waals surface area contributed by atoms with Gasteiger partial charge in [0.05, 0.1) is 6.33 Å². The number of aryl methyl sites for hydroxylation is 3. The number of rotatable bonds is 7. The molecule has 124 valence electrons. The van der Waals surface area contributed by atoms with Gasteiger partial charge in [-0.3, -0.25) is 4.79 Å². The van der Waals surface area contributed by atoms with Crippen molar-refractivity contribution >= 4 is 5.91 Å². The summed E-state index contributed by atoms with van der Waals surface area (Å²) in [5, 5.41) is 2.92. The van der Waals surface area contributed by atoms with Gasteiger partial charge >= 0.3 is 0 Å². The summed E-state index contributed by atoms with van der Waals surface area (Å²) in [5.41, 5.74) is 3.39. The van der Waals surface area contributed by atoms with E-state index in [1.165, 1.54) is 5.56 Å². The molecule has 1 aromatic carbocycles. The molecule has 1 heterocycles. The molecule has 0 spiro atoms. The quantitative estimate of drug-likeness (QED) is 0.799. The van der Waals surface area contributed by atoms with Crippen molar-refractivity contribution in [3.63, 3.8) is 0 Å². The van der Waals surface area contributed by atoms with Crippen molar-refractivity contribution in [1.29, 1.82) is 0 Å². The zero-order valence-corrected chi connectivity index (χ0v) is 14.3. The van der Waals surface area contributed by atoms with Gasteiger partial charge in [0.25, 0.3) is 5.91 Å². The zero-order valence-electron chi connectivity index (χ0n) is 14.3. The summed E-state index contributed by atoms with van der Waals surface area (Å²) >= 11 is 0. The highest BCUT2D eigenvalue weighted by Gasteiger charge is 2.15. The third-order valence-electron chi connectivity index (χ3n) is 3.89. The first-order chi connectivity index (χ1) is 11.0. The van der Waals surface area contributed by atoms with E-state index in [-0.39, 0.29) is 5.91 Å². The molecule has 0 aliphatic heterocycles. The van der Waals surface area contributed by atoms with Gasteiger partial charge in [0.2, 0.25) is 0 Å². The summed E-state index contributed by atoms with van der Waals surface area (Å²) in [5.74, 6) is 0.692. The standard InChI is InChI=1S/C18H25N3O2/c1-13-10-14(2)15(3)17(11-13)23-16(4)18(22)20-6-5-8-21-9-7-19-12-21/h7,9-12,16H,5-6,8H2,1-4H3,(H,20,22)/t16-/m1/s1. The first-order valence-corrected chi connectivity index (χ1v) is 7.95. The van der Waals surface area contributed by atoms with Crippen LogP contribution in [0, 0.1) is 20.8 Å². The fourth-order valence-corrected chi connectivity index (χ4v) is 2.40. The molecule has 5 nitrogen and oxygen atoms in total. The van der Waals surface area contributed by atoms with Crippen LogP contribution in [-0.4, -0.2) is 28.1 Å². The number of ether oxygens (including phenoxy) is 1. The number of imidazole rings is 1. The molecule has 0 fully saturated rings. The lowest BCUT2D eigenvalue weighted by molar-refractivity contribution is -0.127. The zero-order chi connectivity index (χ0) is 16.8. The van der Waals surface area contributed by atoms with Crippen molar-refractivity contribution in [3.05, 3.63) is 47.5 Å². The Morgan fingerprint density at radius 2 is 2.13 bits per heavy atom. The molecule has 0 saturated heterocycles. The smallest absolute Gasteiger partial charge is 0.260 e. The van der Waals surface area contributed by atoms with Crippen LogP contribution in [0.2, 0.25) is 0 Å². The van der Waals surface area contributed by atoms with Crippen LogP contribution in [0.5, 0.6) is 5.75 Å². The van der Waals surface area contributed by atoms with Crippen LogP contribution in [0.1, 0.15) is 30.0 Å². The fourth-order valence-electron chi connectivity index (χ4n) is 2.40. The van der Waals surface area contributed by atoms with E-state index < -0.39 is 6.10 Å². The van der Waals surface area contributed by atoms with E-state index in [1.807, 2.05) is 30.7 Å². The Morgan fingerprint density at radius 3 is 2.83 bits per heavy atom. The summed E-state index contributed by atoms with van der Waals surface area (Å²) in [6, 6.07) is 4.09. The lowest BCUT2D eigenvalue weighted by Crippen LogP contribution is -2.37. The maximum absolute atomic E-state index is 12.1. The first-order valence-electron chi connectivity index (χ1n) is 7.95. The second-order valence-corrected chi connectivity index (χ2v) is 5.91. The molecule has 5 heteroatoms. The van der Waals surface area contributed by atoms with Gasteiger partial charge in [-0.05, 0) is 56.9 Å². The molecule has 0 aliphatic carbocycles. The van der Waals surface area contributed by atoms with Gasteiger partial charge in [-0.2, -0.15) is 0 Å². The molecule has 1 amide bonds. The van der Waals surface area contributed by atoms with Crippen LogP contribution in [0.3, 0.4) is 0 Å². The summed E-state index contributed by atoms with van der Waals surface area (Å²) < 4.78 is 7.84. The van der Waals surface area contributed by atoms with Gasteiger partial charge < -0.3 is 14.6 Å². The maximum atomic E-state index is 12.1. The van der Waals surface area contributed by atoms with E-state index in [1.54, 1.807) is 19.4 Å². The van der Waals surface area contributed by atoms with Gasteiger partial charge in [-0.1, -0.05) is 6.07 Å². The van der Waals surface area contributed by atoms with Crippen molar-refractivity contribution in [2.45, 2.75) is 46.8 Å². The lowest BCUT2D eigenvalue weighted by atomic mass is 10.1. The van der Waals surface area contributed by atoms with Crippen molar-refractivity contribution in [1.82, 2.24) is 14.9 Å². The van der Waals surface area contributed by atoms with Gasteiger partial charge in [0, 0.05) is 25.5 Å². The number of nitrogens with one attached hydrogen (secondary N) is 1. The van der Waals surface area contributed by atoms with Crippen LogP contribution >= 0.6 is 0 Å². The number of nitrogens with zero attached hydrogens (tertiary/aromatic N) is 2. The second-order valence-electron chi connectivity index (χ2n) is 5.91. The van der Waals surface area contributed by atoms with Crippen molar-refractivity contribution in [2.24, 2.45) is 0 Å². The Hall–Kier alpha value is -2.30. The minimum atomic E-state index is -0.511. The van der Waals surface area contributed by atoms with Gasteiger partial charge in [0.15, 0.2) is 6.10 Å². The van der Waals surface area contributed by atoms with Crippen LogP contribution in [-0.2, 0) is 11.3 Å². The minimum absolute atomic E-state index is 0.0887. The highest BCUT2D eigenvalue weighted by molar-refractivity contribution is 5.80. The second kappa shape index (κ2) is 7.81. The maximum Gasteiger partial charge on any atom is 0.260 e. The van der Waals surface area contributed by atoms with E-state index >= 15 is 0 Å². The Bertz CT molecular complexity index is 651. The number of benzene rings is 1. The molecule has 0 radical (unpaired) electrons. The molecule has 0 bridgehead atoms. The number of amides is 1. The summed E-state index contributed by atoms with van der Waals surface area (Å²) in [4.78, 5) is 16.1. The highest BCUT2D eigenvalue weighted by Crippen LogP contribution is 2.24. The molecule has 1 aromatic heterocycles. The molecule has 1 atom stereocenters. The predicted octanol–water partition coefficient (Wildman–Crippen LogP) is 2.78. The molecule has 2 aromatic rings. The fraction of sp³-hybridized carbons (Fsp3) is 0.444. The van der Waals surface area contributed by atoms with Crippen LogP contribution in [0.15, 0.2) is 30.9 Å². The minimum Gasteiger partial charge on any atom is -0.481 e. The Morgan fingerprint density at radius 1 is 1.35 bits per heavy atom. The van der Waals surface area contributed by atoms with Crippen LogP contribution in [0.25, 0.3) is 0 Å². The van der Waals surface area contributed by atoms with E-state index in [0.29, 0.717) is 6.54 Å². The number of carbonyl (C=O) groups is 1. The van der Waals surface area contributed by atoms with E-state index in [0.717, 1.165) is 29.8 Å². The number of hydrogen-bond donors (Lipinski definition) is 1. The number of carbonyl (C=O) groups excluding carboxylic acids is 1. The molecule has 2 rings (SSSR count). The largest absolute Gasteiger partial charge is 0.481 e. The summed E-state index contributed by atoms with van der Waals surface area (Å²) in [7, 11) is 0. The van der Waals surface area contributed by atoms with E-state index in [2.05, 4.69) is 23.3 Å². The number of hydrogen-bond acceptors (Lipinski definition) is 3. The first kappa shape index (κ1) is 17.1. The van der Waals surface area contributed by atoms with Gasteiger partial charge in [0.1, 0.15) is 5.75 Å². The van der Waals surface area contributed by atoms with Crippen molar-refractivity contribution < 1.29 is 9.53 Å². The van der Waals surface area contributed by atoms with Crippen LogP contribution < -0.4 is 10.1 Å². The van der Waals surface area contributed by atoms with Gasteiger partial charge in [-0.25, -0.2) is 4.98 Å². The van der Waals surface area contributed by atoms with Crippen molar-refractivity contribution in [2.75, 3.05) is 6.54 Å². The highest BCUT2D eigenvalue weighted by atomic mass is 16.5. The molecule has 0 aliphatic rings. The lowest BCUT2D eigenvalue weighted by Gasteiger charge is -2.18. The monoisotopic (exact) mass is 315 g/mol. The predicted molar refractivity (Wildman–Crippen MR) is 90.6 cm³/mol. The number of aromatic nitrogens is 2. The average molecular weight is 315 g/mol.